The highest BCUT2D eigenvalue weighted by molar-refractivity contribution is 6.10. The third-order valence-corrected chi connectivity index (χ3v) is 13.9. The van der Waals surface area contributed by atoms with Gasteiger partial charge in [0.1, 0.15) is 0 Å². The molecule has 2 heteroatoms. The van der Waals surface area contributed by atoms with Gasteiger partial charge < -0.3 is 9.47 Å². The second-order valence-electron chi connectivity index (χ2n) is 18.2. The van der Waals surface area contributed by atoms with Crippen LogP contribution in [0.1, 0.15) is 11.1 Å². The Morgan fingerprint density at radius 2 is 0.831 bits per heavy atom. The lowest BCUT2D eigenvalue weighted by atomic mass is 9.85. The van der Waals surface area contributed by atoms with Gasteiger partial charge in [-0.2, -0.15) is 0 Å². The molecule has 0 fully saturated rings. The molecule has 0 spiro atoms. The quantitative estimate of drug-likeness (QED) is 0.126. The third-order valence-electron chi connectivity index (χ3n) is 13.9. The van der Waals surface area contributed by atoms with Crippen LogP contribution in [-0.2, 0) is 0 Å². The van der Waals surface area contributed by atoms with Crippen LogP contribution in [0.4, 0.5) is 17.1 Å². The molecule has 0 aliphatic rings. The molecule has 0 aliphatic carbocycles. The Balaban J connectivity index is 0.879. The van der Waals surface area contributed by atoms with E-state index in [0.717, 1.165) is 61.7 Å². The van der Waals surface area contributed by atoms with E-state index < -0.39 is 0 Å². The Hall–Kier alpha value is -9.24. The van der Waals surface area contributed by atoms with Crippen molar-refractivity contribution in [3.05, 3.63) is 285 Å². The number of rotatable bonds is 11. The van der Waals surface area contributed by atoms with Crippen molar-refractivity contribution in [1.82, 2.24) is 4.57 Å². The Morgan fingerprint density at radius 3 is 1.61 bits per heavy atom. The maximum atomic E-state index is 4.41. The zero-order chi connectivity index (χ0) is 47.7. The van der Waals surface area contributed by atoms with Crippen LogP contribution in [0.3, 0.4) is 0 Å². The molecule has 0 aliphatic heterocycles. The molecule has 12 rings (SSSR count). The van der Waals surface area contributed by atoms with Gasteiger partial charge in [0, 0.05) is 33.5 Å². The summed E-state index contributed by atoms with van der Waals surface area (Å²) >= 11 is 0. The summed E-state index contributed by atoms with van der Waals surface area (Å²) in [5.74, 6) is 0. The van der Waals surface area contributed by atoms with Crippen molar-refractivity contribution in [3.8, 4) is 72.4 Å². The fourth-order valence-electron chi connectivity index (χ4n) is 10.5. The average molecular weight is 907 g/mol. The van der Waals surface area contributed by atoms with Gasteiger partial charge in [-0.15, -0.1) is 0 Å². The van der Waals surface area contributed by atoms with Crippen LogP contribution >= 0.6 is 0 Å². The molecule has 2 nitrogen and oxygen atoms in total. The Bertz CT molecular complexity index is 3870. The van der Waals surface area contributed by atoms with Gasteiger partial charge in [0.15, 0.2) is 0 Å². The number of para-hydroxylation sites is 3. The van der Waals surface area contributed by atoms with E-state index in [2.05, 4.69) is 290 Å². The van der Waals surface area contributed by atoms with E-state index in [0.29, 0.717) is 0 Å². The van der Waals surface area contributed by atoms with Gasteiger partial charge >= 0.3 is 0 Å². The van der Waals surface area contributed by atoms with Crippen LogP contribution in [0.25, 0.3) is 100 Å². The predicted octanol–water partition coefficient (Wildman–Crippen LogP) is 19.2. The fourth-order valence-corrected chi connectivity index (χ4v) is 10.5. The van der Waals surface area contributed by atoms with E-state index in [-0.39, 0.29) is 0 Å². The molecular weight excluding hydrogens is 857 g/mol. The highest BCUT2D eigenvalue weighted by atomic mass is 15.1. The highest BCUT2D eigenvalue weighted by Gasteiger charge is 2.19. The molecule has 0 saturated heterocycles. The first-order chi connectivity index (χ1) is 35.1. The number of aromatic nitrogens is 1. The SMILES string of the molecule is C=Cc1c(-c2ccc(-c3ccc4c5ccccc5n(-c5ccccc5)c4c3)cc2)cccc1-c1c(C)cccc1-c1cccc(-c2cccc(N(c3ccccc3)c3ccc(-c4ccccc4)cc3)c2)c1. The first-order valence-corrected chi connectivity index (χ1v) is 24.4. The molecule has 71 heavy (non-hydrogen) atoms. The molecule has 0 amide bonds. The number of aryl methyl sites for hydroxylation is 1. The van der Waals surface area contributed by atoms with Crippen LogP contribution in [0.15, 0.2) is 273 Å². The molecular formula is C69H50N2. The topological polar surface area (TPSA) is 8.17 Å². The van der Waals surface area contributed by atoms with Crippen molar-refractivity contribution in [1.29, 1.82) is 0 Å². The Morgan fingerprint density at radius 1 is 0.338 bits per heavy atom. The first kappa shape index (κ1) is 43.1. The molecule has 0 atom stereocenters. The fraction of sp³-hybridized carbons (Fsp3) is 0.0145. The summed E-state index contributed by atoms with van der Waals surface area (Å²) in [7, 11) is 0. The standard InChI is InChI=1S/C69H50N2/c1-3-61-62(52-37-35-51(36-38-52)55-41-44-65-64-30-13-14-34-67(64)71(68(65)47-55)58-27-11-6-12-28-58)31-18-33-66(61)69-48(2)19-15-32-63(69)56-24-16-22-53(45-56)54-23-17-29-60(46-54)70(57-25-9-5-10-26-57)59-42-39-50(40-43-59)49-20-7-4-8-21-49/h3-47H,1H2,2H3. The van der Waals surface area contributed by atoms with Gasteiger partial charge in [-0.05, 0) is 152 Å². The molecule has 0 saturated carbocycles. The molecule has 0 radical (unpaired) electrons. The number of hydrogen-bond donors (Lipinski definition) is 0. The van der Waals surface area contributed by atoms with Crippen molar-refractivity contribution >= 4 is 44.9 Å². The Labute approximate surface area is 416 Å². The van der Waals surface area contributed by atoms with Gasteiger partial charge in [0.2, 0.25) is 0 Å². The molecule has 11 aromatic carbocycles. The summed E-state index contributed by atoms with van der Waals surface area (Å²) in [4.78, 5) is 2.34. The minimum atomic E-state index is 1.09. The van der Waals surface area contributed by atoms with Crippen LogP contribution in [0, 0.1) is 6.92 Å². The van der Waals surface area contributed by atoms with E-state index in [4.69, 9.17) is 0 Å². The number of fused-ring (bicyclic) bond motifs is 3. The molecule has 0 bridgehead atoms. The molecule has 1 aromatic heterocycles. The lowest BCUT2D eigenvalue weighted by Crippen LogP contribution is -2.09. The second-order valence-corrected chi connectivity index (χ2v) is 18.2. The van der Waals surface area contributed by atoms with Gasteiger partial charge in [-0.3, -0.25) is 0 Å². The molecule has 1 heterocycles. The minimum Gasteiger partial charge on any atom is -0.310 e. The van der Waals surface area contributed by atoms with E-state index >= 15 is 0 Å². The van der Waals surface area contributed by atoms with Gasteiger partial charge in [-0.1, -0.05) is 213 Å². The molecule has 0 unspecified atom stereocenters. The van der Waals surface area contributed by atoms with Crippen LogP contribution in [0.2, 0.25) is 0 Å². The maximum Gasteiger partial charge on any atom is 0.0547 e. The van der Waals surface area contributed by atoms with Crippen molar-refractivity contribution in [2.24, 2.45) is 0 Å². The normalized spacial score (nSPS) is 11.2. The lowest BCUT2D eigenvalue weighted by Gasteiger charge is -2.26. The zero-order valence-corrected chi connectivity index (χ0v) is 39.6. The van der Waals surface area contributed by atoms with E-state index in [1.54, 1.807) is 0 Å². The molecule has 0 N–H and O–H groups in total. The number of anilines is 3. The monoisotopic (exact) mass is 906 g/mol. The predicted molar refractivity (Wildman–Crippen MR) is 303 cm³/mol. The van der Waals surface area contributed by atoms with Crippen molar-refractivity contribution in [2.45, 2.75) is 6.92 Å². The third kappa shape index (κ3) is 8.12. The van der Waals surface area contributed by atoms with E-state index in [1.807, 2.05) is 6.08 Å². The van der Waals surface area contributed by atoms with Crippen molar-refractivity contribution in [3.63, 3.8) is 0 Å². The summed E-state index contributed by atoms with van der Waals surface area (Å²) in [5.41, 5.74) is 23.3. The van der Waals surface area contributed by atoms with Crippen LogP contribution < -0.4 is 4.90 Å². The van der Waals surface area contributed by atoms with Gasteiger partial charge in [0.05, 0.1) is 11.0 Å². The largest absolute Gasteiger partial charge is 0.310 e. The summed E-state index contributed by atoms with van der Waals surface area (Å²) < 4.78 is 2.38. The number of nitrogens with zero attached hydrogens (tertiary/aromatic N) is 2. The van der Waals surface area contributed by atoms with Crippen LogP contribution in [0.5, 0.6) is 0 Å². The lowest BCUT2D eigenvalue weighted by molar-refractivity contribution is 1.18. The summed E-state index contributed by atoms with van der Waals surface area (Å²) in [6.45, 7) is 6.63. The first-order valence-electron chi connectivity index (χ1n) is 24.4. The van der Waals surface area contributed by atoms with Crippen molar-refractivity contribution in [2.75, 3.05) is 4.90 Å². The summed E-state index contributed by atoms with van der Waals surface area (Å²) in [6, 6.07) is 96.5. The van der Waals surface area contributed by atoms with Crippen LogP contribution in [-0.4, -0.2) is 4.57 Å². The average Bonchev–Trinajstić information content (AvgIpc) is 3.78. The van der Waals surface area contributed by atoms with E-state index in [9.17, 15) is 0 Å². The smallest absolute Gasteiger partial charge is 0.0547 e. The second kappa shape index (κ2) is 18.7. The highest BCUT2D eigenvalue weighted by Crippen LogP contribution is 2.43. The van der Waals surface area contributed by atoms with Gasteiger partial charge in [0.25, 0.3) is 0 Å². The van der Waals surface area contributed by atoms with Gasteiger partial charge in [-0.25, -0.2) is 0 Å². The van der Waals surface area contributed by atoms with Crippen molar-refractivity contribution < 1.29 is 0 Å². The summed E-state index contributed by atoms with van der Waals surface area (Å²) in [5, 5.41) is 2.51. The molecule has 336 valence electrons. The molecule has 12 aromatic rings. The van der Waals surface area contributed by atoms with E-state index in [1.165, 1.54) is 60.8 Å². The number of benzene rings is 11. The minimum absolute atomic E-state index is 1.09. The Kier molecular flexibility index (Phi) is 11.3. The zero-order valence-electron chi connectivity index (χ0n) is 39.6. The summed E-state index contributed by atoms with van der Waals surface area (Å²) in [6.07, 6.45) is 2.03. The maximum absolute atomic E-state index is 4.41. The number of hydrogen-bond acceptors (Lipinski definition) is 1.